The summed E-state index contributed by atoms with van der Waals surface area (Å²) in [4.78, 5) is 14.9. The van der Waals surface area contributed by atoms with Crippen LogP contribution in [0.3, 0.4) is 0 Å². The zero-order valence-electron chi connectivity index (χ0n) is 14.0. The van der Waals surface area contributed by atoms with Crippen molar-refractivity contribution in [3.8, 4) is 11.3 Å². The predicted molar refractivity (Wildman–Crippen MR) is 85.5 cm³/mol. The summed E-state index contributed by atoms with van der Waals surface area (Å²) in [6.07, 6.45) is -9.78. The lowest BCUT2D eigenvalue weighted by molar-refractivity contribution is -0.144. The summed E-state index contributed by atoms with van der Waals surface area (Å²) in [7, 11) is 0. The largest absolute Gasteiger partial charge is 0.453 e. The summed E-state index contributed by atoms with van der Waals surface area (Å²) in [5, 5.41) is 5.88. The van der Waals surface area contributed by atoms with Crippen LogP contribution in [0.5, 0.6) is 0 Å². The summed E-state index contributed by atoms with van der Waals surface area (Å²) in [5.41, 5.74) is -0.675. The Labute approximate surface area is 153 Å². The van der Waals surface area contributed by atoms with Gasteiger partial charge in [-0.3, -0.25) is 4.79 Å². The summed E-state index contributed by atoms with van der Waals surface area (Å²) >= 11 is 0. The van der Waals surface area contributed by atoms with E-state index in [1.165, 1.54) is 12.1 Å². The van der Waals surface area contributed by atoms with Crippen LogP contribution < -0.4 is 5.32 Å². The molecule has 5 nitrogen and oxygen atoms in total. The molecule has 1 N–H and O–H groups in total. The number of hydrogen-bond donors (Lipinski definition) is 1. The van der Waals surface area contributed by atoms with Crippen LogP contribution in [0.2, 0.25) is 0 Å². The lowest BCUT2D eigenvalue weighted by atomic mass is 9.98. The highest BCUT2D eigenvalue weighted by Gasteiger charge is 2.39. The second kappa shape index (κ2) is 5.69. The van der Waals surface area contributed by atoms with Crippen molar-refractivity contribution in [3.05, 3.63) is 46.8 Å². The Morgan fingerprint density at radius 3 is 2.43 bits per heavy atom. The van der Waals surface area contributed by atoms with E-state index in [1.54, 1.807) is 6.92 Å². The van der Waals surface area contributed by atoms with Crippen molar-refractivity contribution in [2.75, 3.05) is 5.32 Å². The molecule has 3 aromatic rings. The Kier molecular flexibility index (Phi) is 3.71. The van der Waals surface area contributed by atoms with Crippen molar-refractivity contribution in [2.45, 2.75) is 25.7 Å². The summed E-state index contributed by atoms with van der Waals surface area (Å²) < 4.78 is 80.2. The number of aryl methyl sites for hydroxylation is 1. The maximum atomic E-state index is 13.6. The Bertz CT molecular complexity index is 1130. The molecule has 11 heteroatoms. The predicted octanol–water partition coefficient (Wildman–Crippen LogP) is 4.24. The molecule has 0 aliphatic carbocycles. The van der Waals surface area contributed by atoms with Crippen molar-refractivity contribution in [1.29, 1.82) is 0 Å². The first kappa shape index (κ1) is 18.3. The maximum absolute atomic E-state index is 13.6. The molecule has 0 fully saturated rings. The van der Waals surface area contributed by atoms with Crippen LogP contribution in [0.15, 0.2) is 24.3 Å². The standard InChI is InChI=1S/C17H10F6N4O/c1-7-4-9(5-8-6-12(28)25-13(7)8)14-10(16(18,19)20)2-3-11-24-15(17(21,22)23)26-27(11)14/h2-5H,6H2,1H3,(H,25,28). The van der Waals surface area contributed by atoms with E-state index < -0.39 is 29.4 Å². The quantitative estimate of drug-likeness (QED) is 0.622. The number of benzene rings is 1. The first-order valence-electron chi connectivity index (χ1n) is 7.93. The van der Waals surface area contributed by atoms with Crippen LogP contribution >= 0.6 is 0 Å². The minimum Gasteiger partial charge on any atom is -0.325 e. The average Bonchev–Trinajstić information content (AvgIpc) is 3.15. The lowest BCUT2D eigenvalue weighted by Crippen LogP contribution is -2.12. The molecule has 4 rings (SSSR count). The fourth-order valence-corrected chi connectivity index (χ4v) is 3.25. The van der Waals surface area contributed by atoms with Crippen molar-refractivity contribution >= 4 is 17.2 Å². The molecule has 0 unspecified atom stereocenters. The van der Waals surface area contributed by atoms with E-state index in [2.05, 4.69) is 15.4 Å². The van der Waals surface area contributed by atoms with Gasteiger partial charge in [-0.25, -0.2) is 9.50 Å². The van der Waals surface area contributed by atoms with Gasteiger partial charge in [0.15, 0.2) is 5.65 Å². The maximum Gasteiger partial charge on any atom is 0.453 e. The minimum absolute atomic E-state index is 0.00991. The van der Waals surface area contributed by atoms with E-state index in [9.17, 15) is 31.1 Å². The number of anilines is 1. The number of carbonyl (C=O) groups excluding carboxylic acids is 1. The normalized spacial score (nSPS) is 14.5. The molecule has 0 atom stereocenters. The molecule has 2 aromatic heterocycles. The Morgan fingerprint density at radius 2 is 1.79 bits per heavy atom. The Morgan fingerprint density at radius 1 is 1.07 bits per heavy atom. The van der Waals surface area contributed by atoms with Crippen molar-refractivity contribution < 1.29 is 31.1 Å². The van der Waals surface area contributed by atoms with Crippen molar-refractivity contribution in [3.63, 3.8) is 0 Å². The van der Waals surface area contributed by atoms with Gasteiger partial charge >= 0.3 is 12.4 Å². The molecule has 0 saturated heterocycles. The molecule has 1 aromatic carbocycles. The van der Waals surface area contributed by atoms with E-state index in [1.807, 2.05) is 0 Å². The molecule has 1 aliphatic rings. The molecular formula is C17H10F6N4O. The van der Waals surface area contributed by atoms with Gasteiger partial charge in [-0.15, -0.1) is 5.10 Å². The van der Waals surface area contributed by atoms with Gasteiger partial charge in [0.1, 0.15) is 0 Å². The van der Waals surface area contributed by atoms with E-state index in [4.69, 9.17) is 0 Å². The highest BCUT2D eigenvalue weighted by atomic mass is 19.4. The summed E-state index contributed by atoms with van der Waals surface area (Å²) in [6, 6.07) is 4.22. The zero-order chi connectivity index (χ0) is 20.4. The van der Waals surface area contributed by atoms with Crippen LogP contribution in [0.4, 0.5) is 32.0 Å². The molecule has 3 heterocycles. The number of fused-ring (bicyclic) bond motifs is 2. The molecule has 146 valence electrons. The van der Waals surface area contributed by atoms with Gasteiger partial charge in [-0.1, -0.05) is 0 Å². The first-order valence-corrected chi connectivity index (χ1v) is 7.93. The number of aromatic nitrogens is 3. The Hall–Kier alpha value is -3.11. The molecule has 0 saturated carbocycles. The van der Waals surface area contributed by atoms with E-state index in [0.717, 1.165) is 6.07 Å². The van der Waals surface area contributed by atoms with Crippen molar-refractivity contribution in [1.82, 2.24) is 14.6 Å². The molecule has 0 bridgehead atoms. The summed E-state index contributed by atoms with van der Waals surface area (Å²) in [6.45, 7) is 1.59. The number of pyridine rings is 1. The van der Waals surface area contributed by atoms with Crippen molar-refractivity contribution in [2.24, 2.45) is 0 Å². The number of rotatable bonds is 1. The number of halogens is 6. The number of nitrogens with one attached hydrogen (secondary N) is 1. The van der Waals surface area contributed by atoms with Gasteiger partial charge in [0.05, 0.1) is 17.7 Å². The van der Waals surface area contributed by atoms with Crippen LogP contribution in [0.25, 0.3) is 16.9 Å². The van der Waals surface area contributed by atoms with Gasteiger partial charge in [0, 0.05) is 11.3 Å². The van der Waals surface area contributed by atoms with Crippen LogP contribution in [-0.4, -0.2) is 20.5 Å². The smallest absolute Gasteiger partial charge is 0.325 e. The van der Waals surface area contributed by atoms with Gasteiger partial charge in [0.25, 0.3) is 5.82 Å². The molecular weight excluding hydrogens is 390 g/mol. The van der Waals surface area contributed by atoms with Gasteiger partial charge < -0.3 is 5.32 Å². The van der Waals surface area contributed by atoms with E-state index in [-0.39, 0.29) is 23.5 Å². The van der Waals surface area contributed by atoms with E-state index in [0.29, 0.717) is 27.4 Å². The van der Waals surface area contributed by atoms with Gasteiger partial charge in [-0.05, 0) is 42.3 Å². The number of carbonyl (C=O) groups is 1. The second-order valence-corrected chi connectivity index (χ2v) is 6.35. The Balaban J connectivity index is 2.04. The third kappa shape index (κ3) is 2.86. The van der Waals surface area contributed by atoms with Gasteiger partial charge in [0.2, 0.25) is 5.91 Å². The molecule has 0 radical (unpaired) electrons. The summed E-state index contributed by atoms with van der Waals surface area (Å²) in [5.74, 6) is -1.85. The number of amides is 1. The highest BCUT2D eigenvalue weighted by Crippen LogP contribution is 2.40. The van der Waals surface area contributed by atoms with Crippen LogP contribution in [0.1, 0.15) is 22.5 Å². The van der Waals surface area contributed by atoms with Gasteiger partial charge in [-0.2, -0.15) is 26.3 Å². The number of hydrogen-bond acceptors (Lipinski definition) is 3. The molecule has 0 spiro atoms. The number of nitrogens with zero attached hydrogens (tertiary/aromatic N) is 3. The fraction of sp³-hybridized carbons (Fsp3) is 0.235. The monoisotopic (exact) mass is 400 g/mol. The molecule has 28 heavy (non-hydrogen) atoms. The fourth-order valence-electron chi connectivity index (χ4n) is 3.25. The topological polar surface area (TPSA) is 59.3 Å². The molecule has 1 amide bonds. The van der Waals surface area contributed by atoms with Crippen LogP contribution in [0, 0.1) is 6.92 Å². The van der Waals surface area contributed by atoms with Crippen LogP contribution in [-0.2, 0) is 23.6 Å². The molecule has 1 aliphatic heterocycles. The van der Waals surface area contributed by atoms with E-state index >= 15 is 0 Å². The average molecular weight is 400 g/mol. The lowest BCUT2D eigenvalue weighted by Gasteiger charge is -2.16. The SMILES string of the molecule is Cc1cc(-c2c(C(F)(F)F)ccc3nc(C(F)(F)F)nn23)cc2c1NC(=O)C2. The number of alkyl halides is 6. The second-order valence-electron chi connectivity index (χ2n) is 6.35. The zero-order valence-corrected chi connectivity index (χ0v) is 14.0. The third-order valence-corrected chi connectivity index (χ3v) is 4.36. The highest BCUT2D eigenvalue weighted by molar-refractivity contribution is 6.00. The third-order valence-electron chi connectivity index (χ3n) is 4.36. The first-order chi connectivity index (χ1) is 12.9. The minimum atomic E-state index is -4.91.